The van der Waals surface area contributed by atoms with Crippen molar-refractivity contribution in [2.45, 2.75) is 32.1 Å². The van der Waals surface area contributed by atoms with E-state index in [1.54, 1.807) is 16.2 Å². The van der Waals surface area contributed by atoms with Gasteiger partial charge in [-0.1, -0.05) is 0 Å². The summed E-state index contributed by atoms with van der Waals surface area (Å²) in [5, 5.41) is 0. The number of nitrogens with two attached hydrogens (primary N) is 1. The summed E-state index contributed by atoms with van der Waals surface area (Å²) in [6, 6.07) is -1.76. The first kappa shape index (κ1) is 12.0. The smallest absolute Gasteiger partial charge is 0.335 e. The molecule has 1 atom stereocenters. The van der Waals surface area contributed by atoms with Crippen LogP contribution in [-0.2, 0) is 13.0 Å². The van der Waals surface area contributed by atoms with Gasteiger partial charge in [0.2, 0.25) is 0 Å². The molecule has 4 nitrogen and oxygen atoms in total. The molecule has 1 heterocycles. The van der Waals surface area contributed by atoms with E-state index in [9.17, 15) is 13.2 Å². The summed E-state index contributed by atoms with van der Waals surface area (Å²) >= 11 is 0. The van der Waals surface area contributed by atoms with Gasteiger partial charge in [-0.3, -0.25) is 5.84 Å². The highest BCUT2D eigenvalue weighted by atomic mass is 19.4. The van der Waals surface area contributed by atoms with Gasteiger partial charge < -0.3 is 4.57 Å². The molecular weight excluding hydrogens is 209 g/mol. The number of alkyl halides is 3. The number of halogens is 3. The summed E-state index contributed by atoms with van der Waals surface area (Å²) in [5.74, 6) is 5.23. The van der Waals surface area contributed by atoms with Crippen LogP contribution >= 0.6 is 0 Å². The highest BCUT2D eigenvalue weighted by molar-refractivity contribution is 4.96. The zero-order valence-electron chi connectivity index (χ0n) is 8.25. The molecule has 0 saturated heterocycles. The van der Waals surface area contributed by atoms with Gasteiger partial charge in [0, 0.05) is 25.4 Å². The monoisotopic (exact) mass is 222 g/mol. The van der Waals surface area contributed by atoms with Crippen LogP contribution in [0.4, 0.5) is 13.2 Å². The number of hydrogen-bond donors (Lipinski definition) is 2. The van der Waals surface area contributed by atoms with Crippen LogP contribution in [0.5, 0.6) is 0 Å². The van der Waals surface area contributed by atoms with Gasteiger partial charge in [0.05, 0.1) is 0 Å². The lowest BCUT2D eigenvalue weighted by Gasteiger charge is -2.19. The van der Waals surface area contributed by atoms with Crippen molar-refractivity contribution in [1.29, 1.82) is 0 Å². The minimum absolute atomic E-state index is 0.263. The summed E-state index contributed by atoms with van der Waals surface area (Å²) in [7, 11) is 0. The van der Waals surface area contributed by atoms with Crippen LogP contribution in [-0.4, -0.2) is 21.8 Å². The maximum absolute atomic E-state index is 12.4. The fourth-order valence-electron chi connectivity index (χ4n) is 1.27. The summed E-state index contributed by atoms with van der Waals surface area (Å²) in [6.45, 7) is 2.42. The minimum atomic E-state index is -4.36. The Hall–Kier alpha value is -1.08. The Morgan fingerprint density at radius 3 is 2.73 bits per heavy atom. The topological polar surface area (TPSA) is 55.9 Å². The summed E-state index contributed by atoms with van der Waals surface area (Å²) in [5.41, 5.74) is 1.75. The van der Waals surface area contributed by atoms with Crippen molar-refractivity contribution in [3.63, 3.8) is 0 Å². The average molecular weight is 222 g/mol. The standard InChI is InChI=1S/C8H13F3N4/c1-2-15-4-3-13-7(15)5-6(14-12)8(9,10)11/h3-4,6,14H,2,5,12H2,1H3. The summed E-state index contributed by atoms with van der Waals surface area (Å²) in [6.07, 6.45) is -1.51. The second-order valence-electron chi connectivity index (χ2n) is 3.09. The van der Waals surface area contributed by atoms with E-state index in [0.717, 1.165) is 0 Å². The van der Waals surface area contributed by atoms with Crippen molar-refractivity contribution in [3.05, 3.63) is 18.2 Å². The Morgan fingerprint density at radius 1 is 1.60 bits per heavy atom. The van der Waals surface area contributed by atoms with Crippen molar-refractivity contribution < 1.29 is 13.2 Å². The molecule has 0 aliphatic rings. The Labute approximate surface area is 85.3 Å². The normalized spacial score (nSPS) is 14.2. The SMILES string of the molecule is CCn1ccnc1CC(NN)C(F)(F)F. The van der Waals surface area contributed by atoms with E-state index in [1.807, 2.05) is 6.92 Å². The molecule has 0 amide bonds. The molecule has 0 aromatic carbocycles. The minimum Gasteiger partial charge on any atom is -0.335 e. The third-order valence-electron chi connectivity index (χ3n) is 2.13. The van der Waals surface area contributed by atoms with Crippen molar-refractivity contribution >= 4 is 0 Å². The van der Waals surface area contributed by atoms with Gasteiger partial charge >= 0.3 is 6.18 Å². The number of hydrogen-bond acceptors (Lipinski definition) is 3. The Morgan fingerprint density at radius 2 is 2.27 bits per heavy atom. The Bertz CT molecular complexity index is 307. The largest absolute Gasteiger partial charge is 0.405 e. The average Bonchev–Trinajstić information content (AvgIpc) is 2.59. The number of rotatable bonds is 4. The molecule has 1 aromatic heterocycles. The number of nitrogens with zero attached hydrogens (tertiary/aromatic N) is 2. The molecule has 0 radical (unpaired) electrons. The van der Waals surface area contributed by atoms with Gasteiger partial charge in [-0.15, -0.1) is 0 Å². The summed E-state index contributed by atoms with van der Waals surface area (Å²) < 4.78 is 38.8. The van der Waals surface area contributed by atoms with E-state index >= 15 is 0 Å². The molecule has 0 fully saturated rings. The van der Waals surface area contributed by atoms with Gasteiger partial charge in [-0.05, 0) is 6.92 Å². The van der Waals surface area contributed by atoms with Crippen molar-refractivity contribution in [2.24, 2.45) is 5.84 Å². The maximum Gasteiger partial charge on any atom is 0.405 e. The first-order valence-corrected chi connectivity index (χ1v) is 4.52. The third kappa shape index (κ3) is 2.93. The first-order chi connectivity index (χ1) is 6.99. The zero-order valence-corrected chi connectivity index (χ0v) is 8.25. The Balaban J connectivity index is 2.75. The van der Waals surface area contributed by atoms with Crippen molar-refractivity contribution in [2.75, 3.05) is 0 Å². The molecule has 0 spiro atoms. The molecule has 0 bridgehead atoms. The molecule has 1 unspecified atom stereocenters. The van der Waals surface area contributed by atoms with E-state index in [-0.39, 0.29) is 6.42 Å². The second-order valence-corrected chi connectivity index (χ2v) is 3.09. The number of imidazole rings is 1. The Kier molecular flexibility index (Phi) is 3.70. The lowest BCUT2D eigenvalue weighted by atomic mass is 10.2. The molecule has 86 valence electrons. The van der Waals surface area contributed by atoms with Gasteiger partial charge in [0.15, 0.2) is 0 Å². The van der Waals surface area contributed by atoms with Crippen LogP contribution in [0.15, 0.2) is 12.4 Å². The van der Waals surface area contributed by atoms with Crippen LogP contribution < -0.4 is 11.3 Å². The molecule has 1 aromatic rings. The van der Waals surface area contributed by atoms with Gasteiger partial charge in [-0.25, -0.2) is 10.4 Å². The van der Waals surface area contributed by atoms with E-state index < -0.39 is 12.2 Å². The molecular formula is C8H13F3N4. The number of aromatic nitrogens is 2. The van der Waals surface area contributed by atoms with E-state index in [0.29, 0.717) is 12.4 Å². The summed E-state index contributed by atoms with van der Waals surface area (Å²) in [4.78, 5) is 3.86. The van der Waals surface area contributed by atoms with Crippen LogP contribution in [0.3, 0.4) is 0 Å². The molecule has 7 heteroatoms. The van der Waals surface area contributed by atoms with Crippen LogP contribution in [0.25, 0.3) is 0 Å². The fourth-order valence-corrected chi connectivity index (χ4v) is 1.27. The highest BCUT2D eigenvalue weighted by Gasteiger charge is 2.39. The van der Waals surface area contributed by atoms with E-state index in [2.05, 4.69) is 4.98 Å². The van der Waals surface area contributed by atoms with Gasteiger partial charge in [0.25, 0.3) is 0 Å². The predicted molar refractivity (Wildman–Crippen MR) is 48.8 cm³/mol. The van der Waals surface area contributed by atoms with Crippen molar-refractivity contribution in [3.8, 4) is 0 Å². The number of aryl methyl sites for hydroxylation is 1. The van der Waals surface area contributed by atoms with Crippen molar-refractivity contribution in [1.82, 2.24) is 15.0 Å². The predicted octanol–water partition coefficient (Wildman–Crippen LogP) is 0.840. The number of nitrogens with one attached hydrogen (secondary N) is 1. The fraction of sp³-hybridized carbons (Fsp3) is 0.625. The first-order valence-electron chi connectivity index (χ1n) is 4.52. The van der Waals surface area contributed by atoms with Gasteiger partial charge in [-0.2, -0.15) is 13.2 Å². The number of hydrazine groups is 1. The lowest BCUT2D eigenvalue weighted by molar-refractivity contribution is -0.156. The molecule has 0 saturated carbocycles. The maximum atomic E-state index is 12.4. The van der Waals surface area contributed by atoms with Crippen LogP contribution in [0.1, 0.15) is 12.7 Å². The zero-order chi connectivity index (χ0) is 11.5. The van der Waals surface area contributed by atoms with E-state index in [1.165, 1.54) is 6.20 Å². The quantitative estimate of drug-likeness (QED) is 0.586. The van der Waals surface area contributed by atoms with Crippen LogP contribution in [0, 0.1) is 0 Å². The highest BCUT2D eigenvalue weighted by Crippen LogP contribution is 2.22. The molecule has 1 rings (SSSR count). The van der Waals surface area contributed by atoms with E-state index in [4.69, 9.17) is 5.84 Å². The third-order valence-corrected chi connectivity index (χ3v) is 2.13. The lowest BCUT2D eigenvalue weighted by Crippen LogP contribution is -2.47. The second kappa shape index (κ2) is 4.63. The van der Waals surface area contributed by atoms with Gasteiger partial charge in [0.1, 0.15) is 11.9 Å². The molecule has 3 N–H and O–H groups in total. The molecule has 0 aliphatic carbocycles. The molecule has 15 heavy (non-hydrogen) atoms. The van der Waals surface area contributed by atoms with Crippen LogP contribution in [0.2, 0.25) is 0 Å². The molecule has 0 aliphatic heterocycles.